The van der Waals surface area contributed by atoms with Gasteiger partial charge in [0, 0.05) is 25.7 Å². The van der Waals surface area contributed by atoms with Gasteiger partial charge < -0.3 is 33.8 Å². The molecular weight excluding hydrogens is 1260 g/mol. The number of carbonyl (C=O) groups excluding carboxylic acids is 4. The van der Waals surface area contributed by atoms with Gasteiger partial charge in [0.25, 0.3) is 0 Å². The number of esters is 4. The monoisotopic (exact) mass is 1410 g/mol. The quantitative estimate of drug-likeness (QED) is 0.0222. The van der Waals surface area contributed by atoms with Crippen LogP contribution in [0.4, 0.5) is 0 Å². The molecule has 0 aliphatic carbocycles. The smallest absolute Gasteiger partial charge is 0.462 e. The van der Waals surface area contributed by atoms with E-state index < -0.39 is 97.5 Å². The van der Waals surface area contributed by atoms with E-state index in [-0.39, 0.29) is 25.7 Å². The zero-order chi connectivity index (χ0) is 70.4. The van der Waals surface area contributed by atoms with Gasteiger partial charge in [-0.05, 0) is 25.7 Å². The standard InChI is InChI=1S/C77H150O17P2/c1-5-9-13-17-21-25-29-32-35-38-42-46-50-54-58-62-75(80)88-68-73(94-77(82)64-60-56-52-48-44-40-37-34-31-27-23-19-15-11-7-3)70-92-96(85,86)90-66-71(78)65-89-95(83,84)91-69-72(67-87-74(79)61-57-53-49-45-41-28-24-20-16-12-8-4)93-76(81)63-59-55-51-47-43-39-36-33-30-26-22-18-14-10-6-2/h71-73,78H,5-70H2,1-4H3,(H,83,84)(H,85,86)/t71-,72+,73+/m0/s1. The Morgan fingerprint density at radius 3 is 0.615 bits per heavy atom. The van der Waals surface area contributed by atoms with Crippen LogP contribution in [0.15, 0.2) is 0 Å². The molecule has 0 aliphatic heterocycles. The molecule has 0 radical (unpaired) electrons. The van der Waals surface area contributed by atoms with Crippen molar-refractivity contribution in [2.75, 3.05) is 39.6 Å². The summed E-state index contributed by atoms with van der Waals surface area (Å²) in [6.07, 6.45) is 62.2. The molecule has 0 heterocycles. The van der Waals surface area contributed by atoms with Crippen LogP contribution in [0.25, 0.3) is 0 Å². The van der Waals surface area contributed by atoms with E-state index in [4.69, 9.17) is 37.0 Å². The number of rotatable bonds is 78. The van der Waals surface area contributed by atoms with Crippen molar-refractivity contribution in [3.8, 4) is 0 Å². The predicted molar refractivity (Wildman–Crippen MR) is 391 cm³/mol. The Kier molecular flexibility index (Phi) is 70.0. The Morgan fingerprint density at radius 1 is 0.250 bits per heavy atom. The normalized spacial score (nSPS) is 13.9. The molecule has 0 aromatic carbocycles. The Balaban J connectivity index is 5.25. The predicted octanol–water partition coefficient (Wildman–Crippen LogP) is 23.0. The molecular formula is C77H150O17P2. The zero-order valence-corrected chi connectivity index (χ0v) is 64.1. The van der Waals surface area contributed by atoms with Gasteiger partial charge >= 0.3 is 39.5 Å². The summed E-state index contributed by atoms with van der Waals surface area (Å²) in [5.41, 5.74) is 0. The van der Waals surface area contributed by atoms with Crippen LogP contribution in [0.1, 0.15) is 413 Å². The maximum absolute atomic E-state index is 13.1. The number of aliphatic hydroxyl groups is 1. The van der Waals surface area contributed by atoms with Gasteiger partial charge in [-0.3, -0.25) is 37.3 Å². The second kappa shape index (κ2) is 71.5. The summed E-state index contributed by atoms with van der Waals surface area (Å²) in [6.45, 7) is 5.01. The highest BCUT2D eigenvalue weighted by Gasteiger charge is 2.30. The summed E-state index contributed by atoms with van der Waals surface area (Å²) in [7, 11) is -9.91. The Hall–Kier alpha value is -1.94. The number of unbranched alkanes of at least 4 members (excludes halogenated alkanes) is 52. The fraction of sp³-hybridized carbons (Fsp3) is 0.948. The SMILES string of the molecule is CCCCCCCCCCCCCCCCCC(=O)OC[C@H](COP(=O)(O)OC[C@@H](O)COP(=O)(O)OC[C@@H](COC(=O)CCCCCCCCCCCCC)OC(=O)CCCCCCCCCCCCCCCCC)OC(=O)CCCCCCCCCCCCCCCCC. The van der Waals surface area contributed by atoms with Crippen LogP contribution >= 0.6 is 15.6 Å². The molecule has 5 atom stereocenters. The largest absolute Gasteiger partial charge is 0.472 e. The molecule has 0 rings (SSSR count). The Labute approximate surface area is 588 Å². The van der Waals surface area contributed by atoms with Crippen LogP contribution in [-0.4, -0.2) is 96.7 Å². The number of hydrogen-bond acceptors (Lipinski definition) is 15. The number of ether oxygens (including phenoxy) is 4. The first-order chi connectivity index (χ1) is 46.7. The summed E-state index contributed by atoms with van der Waals surface area (Å²) < 4.78 is 68.6. The fourth-order valence-electron chi connectivity index (χ4n) is 11.9. The number of aliphatic hydroxyl groups excluding tert-OH is 1. The molecule has 96 heavy (non-hydrogen) atoms. The number of hydrogen-bond donors (Lipinski definition) is 3. The van der Waals surface area contributed by atoms with Gasteiger partial charge in [0.1, 0.15) is 19.3 Å². The molecule has 0 bridgehead atoms. The number of carbonyl (C=O) groups is 4. The van der Waals surface area contributed by atoms with Gasteiger partial charge in [0.2, 0.25) is 0 Å². The Morgan fingerprint density at radius 2 is 0.417 bits per heavy atom. The first-order valence-corrected chi connectivity index (χ1v) is 43.3. The minimum absolute atomic E-state index is 0.109. The second-order valence-electron chi connectivity index (χ2n) is 27.7. The van der Waals surface area contributed by atoms with E-state index in [9.17, 15) is 43.2 Å². The van der Waals surface area contributed by atoms with Crippen molar-refractivity contribution >= 4 is 39.5 Å². The molecule has 570 valence electrons. The van der Waals surface area contributed by atoms with Gasteiger partial charge in [-0.25, -0.2) is 9.13 Å². The van der Waals surface area contributed by atoms with Crippen molar-refractivity contribution in [2.24, 2.45) is 0 Å². The highest BCUT2D eigenvalue weighted by atomic mass is 31.2. The molecule has 17 nitrogen and oxygen atoms in total. The highest BCUT2D eigenvalue weighted by Crippen LogP contribution is 2.45. The molecule has 2 unspecified atom stereocenters. The third-order valence-electron chi connectivity index (χ3n) is 18.1. The summed E-state index contributed by atoms with van der Waals surface area (Å²) in [5.74, 6) is -2.11. The maximum atomic E-state index is 13.1. The van der Waals surface area contributed by atoms with E-state index in [1.807, 2.05) is 0 Å². The summed E-state index contributed by atoms with van der Waals surface area (Å²) >= 11 is 0. The first kappa shape index (κ1) is 94.1. The van der Waals surface area contributed by atoms with Crippen LogP contribution in [0, 0.1) is 0 Å². The molecule has 0 saturated carbocycles. The minimum atomic E-state index is -4.96. The van der Waals surface area contributed by atoms with E-state index in [0.29, 0.717) is 25.7 Å². The molecule has 0 aromatic heterocycles. The fourth-order valence-corrected chi connectivity index (χ4v) is 13.5. The lowest BCUT2D eigenvalue weighted by Crippen LogP contribution is -2.30. The zero-order valence-electron chi connectivity index (χ0n) is 62.4. The van der Waals surface area contributed by atoms with Crippen LogP contribution in [0.5, 0.6) is 0 Å². The molecule has 0 spiro atoms. The average Bonchev–Trinajstić information content (AvgIpc) is 1.14. The summed E-state index contributed by atoms with van der Waals surface area (Å²) in [4.78, 5) is 72.9. The van der Waals surface area contributed by atoms with Gasteiger partial charge in [0.05, 0.1) is 26.4 Å². The van der Waals surface area contributed by atoms with Crippen molar-refractivity contribution < 1.29 is 80.2 Å². The van der Waals surface area contributed by atoms with Crippen LogP contribution in [0.3, 0.4) is 0 Å². The lowest BCUT2D eigenvalue weighted by atomic mass is 10.0. The molecule has 0 saturated heterocycles. The summed E-state index contributed by atoms with van der Waals surface area (Å²) in [5, 5.41) is 10.6. The van der Waals surface area contributed by atoms with Crippen LogP contribution in [-0.2, 0) is 65.4 Å². The van der Waals surface area contributed by atoms with E-state index in [1.165, 1.54) is 244 Å². The van der Waals surface area contributed by atoms with Crippen molar-refractivity contribution in [3.63, 3.8) is 0 Å². The first-order valence-electron chi connectivity index (χ1n) is 40.3. The van der Waals surface area contributed by atoms with Gasteiger partial charge in [-0.1, -0.05) is 362 Å². The van der Waals surface area contributed by atoms with E-state index in [2.05, 4.69) is 27.7 Å². The van der Waals surface area contributed by atoms with Crippen molar-refractivity contribution in [1.82, 2.24) is 0 Å². The summed E-state index contributed by atoms with van der Waals surface area (Å²) in [6, 6.07) is 0. The number of phosphoric ester groups is 2. The maximum Gasteiger partial charge on any atom is 0.472 e. The van der Waals surface area contributed by atoms with Crippen molar-refractivity contribution in [3.05, 3.63) is 0 Å². The third kappa shape index (κ3) is 70.5. The molecule has 0 aromatic rings. The van der Waals surface area contributed by atoms with E-state index >= 15 is 0 Å². The minimum Gasteiger partial charge on any atom is -0.462 e. The van der Waals surface area contributed by atoms with E-state index in [1.54, 1.807) is 0 Å². The van der Waals surface area contributed by atoms with Crippen LogP contribution < -0.4 is 0 Å². The van der Waals surface area contributed by atoms with Gasteiger partial charge in [0.15, 0.2) is 12.2 Å². The van der Waals surface area contributed by atoms with Crippen LogP contribution in [0.2, 0.25) is 0 Å². The highest BCUT2D eigenvalue weighted by molar-refractivity contribution is 7.47. The lowest BCUT2D eigenvalue weighted by molar-refractivity contribution is -0.161. The molecule has 19 heteroatoms. The molecule has 3 N–H and O–H groups in total. The Bertz CT molecular complexity index is 1830. The van der Waals surface area contributed by atoms with Crippen molar-refractivity contribution in [1.29, 1.82) is 0 Å². The molecule has 0 fully saturated rings. The van der Waals surface area contributed by atoms with Gasteiger partial charge in [-0.15, -0.1) is 0 Å². The van der Waals surface area contributed by atoms with E-state index in [0.717, 1.165) is 89.9 Å². The van der Waals surface area contributed by atoms with Crippen molar-refractivity contribution in [2.45, 2.75) is 431 Å². The molecule has 0 aliphatic rings. The molecule has 0 amide bonds. The number of phosphoric acid groups is 2. The second-order valence-corrected chi connectivity index (χ2v) is 30.7. The van der Waals surface area contributed by atoms with Gasteiger partial charge in [-0.2, -0.15) is 0 Å². The lowest BCUT2D eigenvalue weighted by Gasteiger charge is -2.21. The average molecular weight is 1410 g/mol. The topological polar surface area (TPSA) is 237 Å². The third-order valence-corrected chi connectivity index (χ3v) is 20.0.